The topological polar surface area (TPSA) is 12.0 Å². The second-order valence-electron chi connectivity index (χ2n) is 5.33. The van der Waals surface area contributed by atoms with Crippen LogP contribution in [0.2, 0.25) is 5.02 Å². The molecule has 3 rings (SSSR count). The van der Waals surface area contributed by atoms with Gasteiger partial charge in [-0.25, -0.2) is 0 Å². The van der Waals surface area contributed by atoms with Crippen molar-refractivity contribution >= 4 is 24.0 Å². The SMILES string of the molecule is CC1=CC[C@H]2CN[C@@H](c3ccc(Cl)cc3)[C@@H]1C2.Cl. The fraction of sp³-hybridized carbons (Fsp3) is 0.467. The van der Waals surface area contributed by atoms with Crippen LogP contribution in [0.15, 0.2) is 35.9 Å². The van der Waals surface area contributed by atoms with Crippen LogP contribution in [0.25, 0.3) is 0 Å². The summed E-state index contributed by atoms with van der Waals surface area (Å²) in [6, 6.07) is 8.77. The van der Waals surface area contributed by atoms with Gasteiger partial charge in [0.05, 0.1) is 0 Å². The maximum atomic E-state index is 5.95. The molecule has 0 unspecified atom stereocenters. The van der Waals surface area contributed by atoms with Crippen molar-refractivity contribution in [2.45, 2.75) is 25.8 Å². The summed E-state index contributed by atoms with van der Waals surface area (Å²) in [5, 5.41) is 4.52. The molecule has 1 aliphatic carbocycles. The zero-order valence-electron chi connectivity index (χ0n) is 10.5. The van der Waals surface area contributed by atoms with E-state index in [9.17, 15) is 0 Å². The lowest BCUT2D eigenvalue weighted by Gasteiger charge is -2.41. The Hall–Kier alpha value is -0.500. The molecule has 2 aliphatic rings. The average Bonchev–Trinajstić information content (AvgIpc) is 2.36. The van der Waals surface area contributed by atoms with Gasteiger partial charge in [-0.3, -0.25) is 0 Å². The van der Waals surface area contributed by atoms with Crippen LogP contribution in [0.4, 0.5) is 0 Å². The van der Waals surface area contributed by atoms with Crippen LogP contribution in [-0.4, -0.2) is 6.54 Å². The van der Waals surface area contributed by atoms with Crippen molar-refractivity contribution in [2.24, 2.45) is 11.8 Å². The number of hydrogen-bond acceptors (Lipinski definition) is 1. The number of benzene rings is 1. The van der Waals surface area contributed by atoms with E-state index in [1.807, 2.05) is 12.1 Å². The van der Waals surface area contributed by atoms with Crippen molar-refractivity contribution in [2.75, 3.05) is 6.54 Å². The molecule has 1 aromatic rings. The van der Waals surface area contributed by atoms with Gasteiger partial charge in [0.1, 0.15) is 0 Å². The summed E-state index contributed by atoms with van der Waals surface area (Å²) in [5.41, 5.74) is 2.92. The second-order valence-corrected chi connectivity index (χ2v) is 5.77. The van der Waals surface area contributed by atoms with Gasteiger partial charge in [-0.1, -0.05) is 35.4 Å². The molecule has 1 N–H and O–H groups in total. The lowest BCUT2D eigenvalue weighted by molar-refractivity contribution is 0.233. The first-order valence-corrected chi connectivity index (χ1v) is 6.77. The van der Waals surface area contributed by atoms with E-state index in [1.165, 1.54) is 18.4 Å². The quantitative estimate of drug-likeness (QED) is 0.755. The number of halogens is 2. The van der Waals surface area contributed by atoms with E-state index >= 15 is 0 Å². The molecule has 1 nitrogen and oxygen atoms in total. The molecule has 1 aliphatic heterocycles. The van der Waals surface area contributed by atoms with Gasteiger partial charge in [0, 0.05) is 11.1 Å². The van der Waals surface area contributed by atoms with E-state index in [4.69, 9.17) is 11.6 Å². The molecule has 18 heavy (non-hydrogen) atoms. The first-order valence-electron chi connectivity index (χ1n) is 6.39. The molecule has 2 bridgehead atoms. The van der Waals surface area contributed by atoms with Crippen LogP contribution in [0, 0.1) is 11.8 Å². The van der Waals surface area contributed by atoms with Crippen LogP contribution in [0.3, 0.4) is 0 Å². The normalized spacial score (nSPS) is 30.3. The van der Waals surface area contributed by atoms with Gasteiger partial charge in [0.2, 0.25) is 0 Å². The molecular formula is C15H19Cl2N. The summed E-state index contributed by atoms with van der Waals surface area (Å²) < 4.78 is 0. The Morgan fingerprint density at radius 1 is 1.22 bits per heavy atom. The molecule has 0 amide bonds. The van der Waals surface area contributed by atoms with E-state index in [2.05, 4.69) is 30.4 Å². The Kier molecular flexibility index (Phi) is 4.37. The number of piperidine rings is 1. The van der Waals surface area contributed by atoms with Crippen LogP contribution in [0.5, 0.6) is 0 Å². The Morgan fingerprint density at radius 2 is 1.94 bits per heavy atom. The van der Waals surface area contributed by atoms with Crippen LogP contribution in [-0.2, 0) is 0 Å². The maximum Gasteiger partial charge on any atom is 0.0406 e. The summed E-state index contributed by atoms with van der Waals surface area (Å²) in [7, 11) is 0. The van der Waals surface area contributed by atoms with Gasteiger partial charge in [-0.2, -0.15) is 0 Å². The maximum absolute atomic E-state index is 5.95. The largest absolute Gasteiger partial charge is 0.309 e. The standard InChI is InChI=1S/C15H18ClN.ClH/c1-10-2-3-11-8-14(10)15(17-9-11)12-4-6-13(16)7-5-12;/h2,4-7,11,14-15,17H,3,8-9H2,1H3;1H/t11-,14-,15+;/m1./s1. The van der Waals surface area contributed by atoms with Crippen molar-refractivity contribution in [1.82, 2.24) is 5.32 Å². The van der Waals surface area contributed by atoms with Gasteiger partial charge < -0.3 is 5.32 Å². The van der Waals surface area contributed by atoms with Crippen LogP contribution >= 0.6 is 24.0 Å². The number of nitrogens with one attached hydrogen (secondary N) is 1. The predicted octanol–water partition coefficient (Wildman–Crippen LogP) is 4.38. The minimum Gasteiger partial charge on any atom is -0.309 e. The Morgan fingerprint density at radius 3 is 2.67 bits per heavy atom. The Balaban J connectivity index is 0.00000120. The highest BCUT2D eigenvalue weighted by Crippen LogP contribution is 2.41. The monoisotopic (exact) mass is 283 g/mol. The molecule has 3 heteroatoms. The van der Waals surface area contributed by atoms with E-state index < -0.39 is 0 Å². The molecule has 98 valence electrons. The highest BCUT2D eigenvalue weighted by atomic mass is 35.5. The van der Waals surface area contributed by atoms with Crippen LogP contribution < -0.4 is 5.32 Å². The van der Waals surface area contributed by atoms with E-state index in [1.54, 1.807) is 5.57 Å². The fourth-order valence-electron chi connectivity index (χ4n) is 3.17. The Bertz CT molecular complexity index is 438. The summed E-state index contributed by atoms with van der Waals surface area (Å²) in [6.07, 6.45) is 5.02. The third-order valence-corrected chi connectivity index (χ3v) is 4.46. The van der Waals surface area contributed by atoms with E-state index in [0.717, 1.165) is 17.5 Å². The number of rotatable bonds is 1. The molecular weight excluding hydrogens is 265 g/mol. The molecule has 0 aromatic heterocycles. The van der Waals surface area contributed by atoms with Gasteiger partial charge in [0.25, 0.3) is 0 Å². The zero-order valence-corrected chi connectivity index (χ0v) is 12.1. The number of fused-ring (bicyclic) bond motifs is 2. The highest BCUT2D eigenvalue weighted by molar-refractivity contribution is 6.30. The summed E-state index contributed by atoms with van der Waals surface area (Å²) in [6.45, 7) is 3.42. The molecule has 0 radical (unpaired) electrons. The summed E-state index contributed by atoms with van der Waals surface area (Å²) in [4.78, 5) is 0. The van der Waals surface area contributed by atoms with E-state index in [-0.39, 0.29) is 12.4 Å². The number of allylic oxidation sites excluding steroid dienone is 1. The van der Waals surface area contributed by atoms with Crippen molar-refractivity contribution in [3.8, 4) is 0 Å². The first kappa shape index (κ1) is 13.9. The van der Waals surface area contributed by atoms with Gasteiger partial charge in [0.15, 0.2) is 0 Å². The van der Waals surface area contributed by atoms with Crippen molar-refractivity contribution in [3.63, 3.8) is 0 Å². The molecule has 1 fully saturated rings. The third-order valence-electron chi connectivity index (χ3n) is 4.20. The van der Waals surface area contributed by atoms with Crippen molar-refractivity contribution in [1.29, 1.82) is 0 Å². The zero-order chi connectivity index (χ0) is 11.8. The van der Waals surface area contributed by atoms with Gasteiger partial charge >= 0.3 is 0 Å². The number of hydrogen-bond donors (Lipinski definition) is 1. The molecule has 1 aromatic carbocycles. The molecule has 0 saturated carbocycles. The lowest BCUT2D eigenvalue weighted by atomic mass is 9.73. The molecule has 1 heterocycles. The van der Waals surface area contributed by atoms with Crippen molar-refractivity contribution in [3.05, 3.63) is 46.5 Å². The minimum absolute atomic E-state index is 0. The summed E-state index contributed by atoms with van der Waals surface area (Å²) in [5.74, 6) is 1.51. The van der Waals surface area contributed by atoms with E-state index in [0.29, 0.717) is 12.0 Å². The predicted molar refractivity (Wildman–Crippen MR) is 79.4 cm³/mol. The lowest BCUT2D eigenvalue weighted by Crippen LogP contribution is -2.41. The van der Waals surface area contributed by atoms with Gasteiger partial charge in [-0.05, 0) is 55.8 Å². The minimum atomic E-state index is 0. The van der Waals surface area contributed by atoms with Crippen LogP contribution in [0.1, 0.15) is 31.4 Å². The fourth-order valence-corrected chi connectivity index (χ4v) is 3.29. The molecule has 1 saturated heterocycles. The smallest absolute Gasteiger partial charge is 0.0406 e. The average molecular weight is 284 g/mol. The third kappa shape index (κ3) is 2.59. The summed E-state index contributed by atoms with van der Waals surface area (Å²) >= 11 is 5.95. The highest BCUT2D eigenvalue weighted by Gasteiger charge is 2.34. The van der Waals surface area contributed by atoms with Crippen molar-refractivity contribution < 1.29 is 0 Å². The first-order chi connectivity index (χ1) is 8.24. The Labute approximate surface area is 120 Å². The molecule has 3 atom stereocenters. The van der Waals surface area contributed by atoms with Gasteiger partial charge in [-0.15, -0.1) is 12.4 Å². The second kappa shape index (κ2) is 5.64. The molecule has 0 spiro atoms.